The molecule has 2 N–H and O–H groups in total. The Morgan fingerprint density at radius 3 is 2.54 bits per heavy atom. The third-order valence-corrected chi connectivity index (χ3v) is 4.36. The number of aryl methyl sites for hydroxylation is 1. The van der Waals surface area contributed by atoms with Crippen LogP contribution in [-0.4, -0.2) is 21.5 Å². The fourth-order valence-corrected chi connectivity index (χ4v) is 2.97. The van der Waals surface area contributed by atoms with Crippen molar-refractivity contribution in [3.63, 3.8) is 0 Å². The van der Waals surface area contributed by atoms with Gasteiger partial charge in [-0.2, -0.15) is 4.98 Å². The number of hydrogen-bond donors (Lipinski definition) is 2. The van der Waals surface area contributed by atoms with Crippen molar-refractivity contribution < 1.29 is 0 Å². The summed E-state index contributed by atoms with van der Waals surface area (Å²) in [5.74, 6) is 1.37. The van der Waals surface area contributed by atoms with E-state index in [0.29, 0.717) is 29.1 Å². The van der Waals surface area contributed by atoms with Gasteiger partial charge < -0.3 is 10.6 Å². The fraction of sp³-hybridized carbons (Fsp3) is 0.211. The largest absolute Gasteiger partial charge is 0.366 e. The summed E-state index contributed by atoms with van der Waals surface area (Å²) < 4.78 is 0. The van der Waals surface area contributed by atoms with E-state index < -0.39 is 0 Å². The van der Waals surface area contributed by atoms with Crippen molar-refractivity contribution in [3.8, 4) is 0 Å². The Hall–Kier alpha value is -2.37. The Morgan fingerprint density at radius 2 is 1.77 bits per heavy atom. The zero-order valence-electron chi connectivity index (χ0n) is 14.3. The minimum absolute atomic E-state index is 0.590. The number of aromatic nitrogens is 3. The van der Waals surface area contributed by atoms with Crippen molar-refractivity contribution in [1.29, 1.82) is 0 Å². The van der Waals surface area contributed by atoms with Gasteiger partial charge in [0.15, 0.2) is 0 Å². The lowest BCUT2D eigenvalue weighted by atomic mass is 10.1. The second-order valence-electron chi connectivity index (χ2n) is 5.84. The third kappa shape index (κ3) is 5.31. The Kier molecular flexibility index (Phi) is 6.26. The van der Waals surface area contributed by atoms with Crippen LogP contribution in [0.3, 0.4) is 0 Å². The molecular formula is C19H19Cl2N5. The molecule has 0 fully saturated rings. The molecule has 0 aliphatic rings. The predicted octanol–water partition coefficient (Wildman–Crippen LogP) is 4.75. The summed E-state index contributed by atoms with van der Waals surface area (Å²) in [5, 5.41) is 7.87. The van der Waals surface area contributed by atoms with Crippen LogP contribution < -0.4 is 10.6 Å². The normalized spacial score (nSPS) is 10.6. The van der Waals surface area contributed by atoms with Crippen LogP contribution in [0.4, 0.5) is 11.8 Å². The highest BCUT2D eigenvalue weighted by molar-refractivity contribution is 6.35. The quantitative estimate of drug-likeness (QED) is 0.612. The molecular weight excluding hydrogens is 369 g/mol. The average Bonchev–Trinajstić information content (AvgIpc) is 2.62. The molecule has 0 saturated carbocycles. The highest BCUT2D eigenvalue weighted by atomic mass is 35.5. The Balaban J connectivity index is 1.58. The van der Waals surface area contributed by atoms with E-state index in [1.165, 1.54) is 0 Å². The maximum atomic E-state index is 6.20. The lowest BCUT2D eigenvalue weighted by Gasteiger charge is -2.10. The lowest BCUT2D eigenvalue weighted by Crippen LogP contribution is -2.10. The van der Waals surface area contributed by atoms with E-state index in [1.54, 1.807) is 18.5 Å². The molecule has 0 spiro atoms. The minimum Gasteiger partial charge on any atom is -0.366 e. The molecule has 3 rings (SSSR count). The van der Waals surface area contributed by atoms with Crippen molar-refractivity contribution in [2.24, 2.45) is 0 Å². The van der Waals surface area contributed by atoms with Crippen molar-refractivity contribution in [2.75, 3.05) is 17.2 Å². The summed E-state index contributed by atoms with van der Waals surface area (Å²) in [4.78, 5) is 13.0. The number of halogens is 2. The smallest absolute Gasteiger partial charge is 0.224 e. The van der Waals surface area contributed by atoms with E-state index in [1.807, 2.05) is 37.3 Å². The standard InChI is InChI=1S/C19H19Cl2N5/c1-13-10-18(24-12-14-4-7-22-8-5-14)26-19(25-13)23-9-6-15-2-3-16(20)11-17(15)21/h2-5,7-8,10-11H,6,9,12H2,1H3,(H2,23,24,25,26). The minimum atomic E-state index is 0.590. The second kappa shape index (κ2) is 8.83. The summed E-state index contributed by atoms with van der Waals surface area (Å²) in [7, 11) is 0. The molecule has 0 aliphatic heterocycles. The monoisotopic (exact) mass is 387 g/mol. The molecule has 0 bridgehead atoms. The predicted molar refractivity (Wildman–Crippen MR) is 107 cm³/mol. The second-order valence-corrected chi connectivity index (χ2v) is 6.68. The van der Waals surface area contributed by atoms with Gasteiger partial charge >= 0.3 is 0 Å². The van der Waals surface area contributed by atoms with Crippen LogP contribution in [0.5, 0.6) is 0 Å². The Bertz CT molecular complexity index is 871. The van der Waals surface area contributed by atoms with E-state index in [9.17, 15) is 0 Å². The maximum Gasteiger partial charge on any atom is 0.224 e. The molecule has 1 aromatic carbocycles. The van der Waals surface area contributed by atoms with Gasteiger partial charge in [0.25, 0.3) is 0 Å². The molecule has 7 heteroatoms. The number of nitrogens with zero attached hydrogens (tertiary/aromatic N) is 3. The third-order valence-electron chi connectivity index (χ3n) is 3.77. The van der Waals surface area contributed by atoms with Crippen molar-refractivity contribution in [2.45, 2.75) is 19.9 Å². The van der Waals surface area contributed by atoms with Crippen molar-refractivity contribution >= 4 is 35.0 Å². The Labute approximate surface area is 162 Å². The van der Waals surface area contributed by atoms with Gasteiger partial charge in [-0.05, 0) is 48.7 Å². The molecule has 0 amide bonds. The molecule has 0 aliphatic carbocycles. The number of hydrogen-bond acceptors (Lipinski definition) is 5. The number of pyridine rings is 1. The molecule has 0 radical (unpaired) electrons. The summed E-state index contributed by atoms with van der Waals surface area (Å²) in [6.07, 6.45) is 4.31. The highest BCUT2D eigenvalue weighted by Gasteiger charge is 2.04. The zero-order valence-corrected chi connectivity index (χ0v) is 15.8. The van der Waals surface area contributed by atoms with Gasteiger partial charge in [-0.3, -0.25) is 4.98 Å². The van der Waals surface area contributed by atoms with Gasteiger partial charge in [-0.25, -0.2) is 4.98 Å². The Morgan fingerprint density at radius 1 is 0.962 bits per heavy atom. The van der Waals surface area contributed by atoms with Gasteiger partial charge in [-0.1, -0.05) is 29.3 Å². The number of nitrogens with one attached hydrogen (secondary N) is 2. The van der Waals surface area contributed by atoms with E-state index in [4.69, 9.17) is 23.2 Å². The first-order valence-electron chi connectivity index (χ1n) is 8.26. The van der Waals surface area contributed by atoms with Crippen molar-refractivity contribution in [1.82, 2.24) is 15.0 Å². The molecule has 2 aromatic heterocycles. The van der Waals surface area contributed by atoms with Gasteiger partial charge in [0.1, 0.15) is 5.82 Å². The van der Waals surface area contributed by atoms with Crippen LogP contribution in [0, 0.1) is 6.92 Å². The lowest BCUT2D eigenvalue weighted by molar-refractivity contribution is 0.969. The topological polar surface area (TPSA) is 62.7 Å². The first-order valence-corrected chi connectivity index (χ1v) is 9.02. The van der Waals surface area contributed by atoms with Crippen LogP contribution in [0.25, 0.3) is 0 Å². The molecule has 26 heavy (non-hydrogen) atoms. The first-order chi connectivity index (χ1) is 12.6. The number of benzene rings is 1. The van der Waals surface area contributed by atoms with Gasteiger partial charge in [0.2, 0.25) is 5.95 Å². The van der Waals surface area contributed by atoms with Crippen LogP contribution in [0.15, 0.2) is 48.8 Å². The van der Waals surface area contributed by atoms with E-state index in [2.05, 4.69) is 25.6 Å². The molecule has 0 atom stereocenters. The summed E-state index contributed by atoms with van der Waals surface area (Å²) in [5.41, 5.74) is 3.07. The number of anilines is 2. The van der Waals surface area contributed by atoms with Crippen LogP contribution >= 0.6 is 23.2 Å². The van der Waals surface area contributed by atoms with E-state index >= 15 is 0 Å². The van der Waals surface area contributed by atoms with Gasteiger partial charge in [-0.15, -0.1) is 0 Å². The van der Waals surface area contributed by atoms with Crippen LogP contribution in [0.2, 0.25) is 10.0 Å². The molecule has 5 nitrogen and oxygen atoms in total. The maximum absolute atomic E-state index is 6.20. The van der Waals surface area contributed by atoms with E-state index in [0.717, 1.165) is 29.1 Å². The van der Waals surface area contributed by atoms with Crippen molar-refractivity contribution in [3.05, 3.63) is 75.7 Å². The SMILES string of the molecule is Cc1cc(NCc2ccncc2)nc(NCCc2ccc(Cl)cc2Cl)n1. The zero-order chi connectivity index (χ0) is 18.4. The summed E-state index contributed by atoms with van der Waals surface area (Å²) in [6, 6.07) is 11.4. The molecule has 3 aromatic rings. The fourth-order valence-electron chi connectivity index (χ4n) is 2.46. The summed E-state index contributed by atoms with van der Waals surface area (Å²) >= 11 is 12.1. The summed E-state index contributed by atoms with van der Waals surface area (Å²) in [6.45, 7) is 3.30. The first kappa shape index (κ1) is 18.4. The van der Waals surface area contributed by atoms with Gasteiger partial charge in [0.05, 0.1) is 0 Å². The van der Waals surface area contributed by atoms with Crippen LogP contribution in [0.1, 0.15) is 16.8 Å². The molecule has 2 heterocycles. The molecule has 0 unspecified atom stereocenters. The van der Waals surface area contributed by atoms with E-state index in [-0.39, 0.29) is 0 Å². The number of rotatable bonds is 7. The van der Waals surface area contributed by atoms with Crippen LogP contribution in [-0.2, 0) is 13.0 Å². The molecule has 0 saturated heterocycles. The molecule has 134 valence electrons. The van der Waals surface area contributed by atoms with Gasteiger partial charge in [0, 0.05) is 47.3 Å². The average molecular weight is 388 g/mol. The highest BCUT2D eigenvalue weighted by Crippen LogP contribution is 2.21.